The maximum absolute atomic E-state index is 10.9. The molecule has 0 saturated carbocycles. The van der Waals surface area contributed by atoms with Crippen LogP contribution in [-0.2, 0) is 32.0 Å². The molecular formula is C20H17ClO8. The first-order valence-corrected chi connectivity index (χ1v) is 8.72. The molecule has 29 heavy (non-hydrogen) atoms. The molecule has 0 unspecified atom stereocenters. The molecule has 0 aromatic heterocycles. The molecule has 0 amide bonds. The van der Waals surface area contributed by atoms with Crippen LogP contribution in [0.25, 0.3) is 0 Å². The van der Waals surface area contributed by atoms with Gasteiger partial charge in [-0.05, 0) is 48.0 Å². The van der Waals surface area contributed by atoms with Gasteiger partial charge in [0.1, 0.15) is 23.0 Å². The molecule has 2 aliphatic heterocycles. The Morgan fingerprint density at radius 1 is 0.931 bits per heavy atom. The number of benzene rings is 2. The highest BCUT2D eigenvalue weighted by Gasteiger charge is 2.21. The zero-order valence-corrected chi connectivity index (χ0v) is 16.3. The minimum Gasteiger partial charge on any atom is -0.508 e. The number of hydrogen-bond donors (Lipinski definition) is 1. The molecule has 2 aliphatic rings. The summed E-state index contributed by atoms with van der Waals surface area (Å²) in [6.07, 6.45) is 0.508. The minimum absolute atomic E-state index is 0.169. The third-order valence-corrected chi connectivity index (χ3v) is 3.45. The number of carbonyl (C=O) groups excluding carboxylic acids is 4. The van der Waals surface area contributed by atoms with Gasteiger partial charge in [-0.2, -0.15) is 0 Å². The van der Waals surface area contributed by atoms with Crippen molar-refractivity contribution in [2.45, 2.75) is 26.7 Å². The second kappa shape index (κ2) is 9.70. The van der Waals surface area contributed by atoms with Gasteiger partial charge in [0.05, 0.1) is 12.8 Å². The van der Waals surface area contributed by atoms with E-state index in [1.807, 2.05) is 0 Å². The Morgan fingerprint density at radius 3 is 1.93 bits per heavy atom. The number of phenols is 1. The Kier molecular flexibility index (Phi) is 7.33. The standard InChI is InChI=1S/C10H8O4.C8H6O3.C2H3ClO/c1-6(11)13-8-2-3-9-7(4-8)5-10(12)14-9;9-6-1-2-7-5(3-6)4-8(10)11-7;1-2(3)4/h2-4H,5H2,1H3;1-3,9H,4H2;1H3. The Bertz CT molecular complexity index is 963. The van der Waals surface area contributed by atoms with Gasteiger partial charge in [-0.15, -0.1) is 0 Å². The van der Waals surface area contributed by atoms with E-state index in [1.54, 1.807) is 30.3 Å². The van der Waals surface area contributed by atoms with Crippen molar-refractivity contribution in [1.82, 2.24) is 0 Å². The average molecular weight is 421 g/mol. The fourth-order valence-electron chi connectivity index (χ4n) is 2.46. The van der Waals surface area contributed by atoms with Gasteiger partial charge >= 0.3 is 17.9 Å². The lowest BCUT2D eigenvalue weighted by atomic mass is 10.1. The van der Waals surface area contributed by atoms with Gasteiger partial charge in [0.25, 0.3) is 0 Å². The van der Waals surface area contributed by atoms with E-state index in [-0.39, 0.29) is 41.7 Å². The summed E-state index contributed by atoms with van der Waals surface area (Å²) in [4.78, 5) is 41.5. The fraction of sp³-hybridized carbons (Fsp3) is 0.200. The number of ether oxygens (including phenoxy) is 3. The topological polar surface area (TPSA) is 116 Å². The zero-order valence-electron chi connectivity index (χ0n) is 15.6. The van der Waals surface area contributed by atoms with Crippen molar-refractivity contribution in [3.05, 3.63) is 47.5 Å². The molecule has 4 rings (SSSR count). The Labute approximate surface area is 170 Å². The van der Waals surface area contributed by atoms with Gasteiger partial charge in [0, 0.05) is 25.0 Å². The molecule has 2 aromatic carbocycles. The summed E-state index contributed by atoms with van der Waals surface area (Å²) in [5, 5.41) is 8.65. The number of rotatable bonds is 1. The largest absolute Gasteiger partial charge is 0.508 e. The molecule has 0 fully saturated rings. The Balaban J connectivity index is 0.000000179. The molecule has 0 saturated heterocycles. The molecule has 0 atom stereocenters. The fourth-order valence-corrected chi connectivity index (χ4v) is 2.46. The van der Waals surface area contributed by atoms with E-state index in [2.05, 4.69) is 11.6 Å². The predicted octanol–water partition coefficient (Wildman–Crippen LogP) is 2.70. The van der Waals surface area contributed by atoms with Gasteiger partial charge in [-0.25, -0.2) is 0 Å². The van der Waals surface area contributed by atoms with E-state index in [4.69, 9.17) is 19.3 Å². The molecule has 8 nitrogen and oxygen atoms in total. The summed E-state index contributed by atoms with van der Waals surface area (Å²) in [6.45, 7) is 2.62. The maximum atomic E-state index is 10.9. The summed E-state index contributed by atoms with van der Waals surface area (Å²) < 4.78 is 14.6. The van der Waals surface area contributed by atoms with Crippen LogP contribution in [0.15, 0.2) is 36.4 Å². The van der Waals surface area contributed by atoms with Crippen LogP contribution in [0, 0.1) is 0 Å². The molecule has 0 radical (unpaired) electrons. The number of halogens is 1. The summed E-state index contributed by atoms with van der Waals surface area (Å²) in [7, 11) is 0. The Morgan fingerprint density at radius 2 is 1.41 bits per heavy atom. The molecule has 152 valence electrons. The molecule has 1 N–H and O–H groups in total. The van der Waals surface area contributed by atoms with Gasteiger partial charge in [-0.1, -0.05) is 0 Å². The van der Waals surface area contributed by atoms with E-state index in [1.165, 1.54) is 19.9 Å². The SMILES string of the molecule is CC(=O)Cl.CC(=O)Oc1ccc2c(c1)CC(=O)O2.O=C1Cc2cc(O)ccc2O1. The lowest BCUT2D eigenvalue weighted by Crippen LogP contribution is -2.01. The average Bonchev–Trinajstić information content (AvgIpc) is 3.14. The predicted molar refractivity (Wildman–Crippen MR) is 101 cm³/mol. The highest BCUT2D eigenvalue weighted by Crippen LogP contribution is 2.30. The first-order valence-electron chi connectivity index (χ1n) is 8.34. The van der Waals surface area contributed by atoms with Crippen LogP contribution in [-0.4, -0.2) is 28.3 Å². The van der Waals surface area contributed by atoms with Crippen molar-refractivity contribution < 1.29 is 38.5 Å². The van der Waals surface area contributed by atoms with E-state index < -0.39 is 0 Å². The number of fused-ring (bicyclic) bond motifs is 2. The lowest BCUT2D eigenvalue weighted by molar-refractivity contribution is -0.132. The van der Waals surface area contributed by atoms with Crippen molar-refractivity contribution >= 4 is 34.8 Å². The van der Waals surface area contributed by atoms with Crippen molar-refractivity contribution in [1.29, 1.82) is 0 Å². The molecule has 0 bridgehead atoms. The van der Waals surface area contributed by atoms with Gasteiger partial charge in [0.15, 0.2) is 0 Å². The highest BCUT2D eigenvalue weighted by atomic mass is 35.5. The smallest absolute Gasteiger partial charge is 0.315 e. The molecule has 0 aliphatic carbocycles. The monoisotopic (exact) mass is 420 g/mol. The van der Waals surface area contributed by atoms with Crippen LogP contribution in [0.3, 0.4) is 0 Å². The van der Waals surface area contributed by atoms with Crippen LogP contribution >= 0.6 is 11.6 Å². The first kappa shape index (κ1) is 21.9. The molecule has 0 spiro atoms. The van der Waals surface area contributed by atoms with Crippen molar-refractivity contribution in [2.75, 3.05) is 0 Å². The number of phenolic OH excluding ortho intramolecular Hbond substituents is 1. The van der Waals surface area contributed by atoms with Crippen LogP contribution in [0.5, 0.6) is 23.0 Å². The van der Waals surface area contributed by atoms with Gasteiger partial charge in [0.2, 0.25) is 5.24 Å². The van der Waals surface area contributed by atoms with E-state index >= 15 is 0 Å². The highest BCUT2D eigenvalue weighted by molar-refractivity contribution is 6.62. The second-order valence-corrected chi connectivity index (χ2v) is 6.46. The molecule has 9 heteroatoms. The minimum atomic E-state index is -0.379. The van der Waals surface area contributed by atoms with Crippen molar-refractivity contribution in [2.24, 2.45) is 0 Å². The van der Waals surface area contributed by atoms with Crippen LogP contribution < -0.4 is 14.2 Å². The zero-order chi connectivity index (χ0) is 21.6. The third-order valence-electron chi connectivity index (χ3n) is 3.45. The van der Waals surface area contributed by atoms with Gasteiger partial charge in [-0.3, -0.25) is 19.2 Å². The second-order valence-electron chi connectivity index (χ2n) is 5.93. The van der Waals surface area contributed by atoms with Gasteiger partial charge < -0.3 is 19.3 Å². The normalized spacial score (nSPS) is 12.8. The van der Waals surface area contributed by atoms with Crippen LogP contribution in [0.1, 0.15) is 25.0 Å². The lowest BCUT2D eigenvalue weighted by Gasteiger charge is -2.02. The summed E-state index contributed by atoms with van der Waals surface area (Å²) in [5.41, 5.74) is 1.52. The van der Waals surface area contributed by atoms with Crippen molar-refractivity contribution in [3.8, 4) is 23.0 Å². The molecule has 2 heterocycles. The quantitative estimate of drug-likeness (QED) is 0.425. The van der Waals surface area contributed by atoms with Crippen LogP contribution in [0.4, 0.5) is 0 Å². The van der Waals surface area contributed by atoms with Crippen LogP contribution in [0.2, 0.25) is 0 Å². The summed E-state index contributed by atoms with van der Waals surface area (Å²) in [5.74, 6) is 0.802. The van der Waals surface area contributed by atoms with E-state index in [0.29, 0.717) is 17.2 Å². The van der Waals surface area contributed by atoms with E-state index in [0.717, 1.165) is 11.1 Å². The number of carbonyl (C=O) groups is 4. The Hall–Kier alpha value is -3.39. The van der Waals surface area contributed by atoms with E-state index in [9.17, 15) is 19.2 Å². The number of hydrogen-bond acceptors (Lipinski definition) is 8. The third kappa shape index (κ3) is 6.93. The number of esters is 3. The van der Waals surface area contributed by atoms with Crippen molar-refractivity contribution in [3.63, 3.8) is 0 Å². The summed E-state index contributed by atoms with van der Waals surface area (Å²) in [6, 6.07) is 9.49. The molecular weight excluding hydrogens is 404 g/mol. The summed E-state index contributed by atoms with van der Waals surface area (Å²) >= 11 is 4.64. The maximum Gasteiger partial charge on any atom is 0.315 e. The number of aromatic hydroxyl groups is 1. The molecule has 2 aromatic rings. The first-order chi connectivity index (χ1) is 13.6.